The topological polar surface area (TPSA) is 22.1 Å². The van der Waals surface area contributed by atoms with Gasteiger partial charge in [0, 0.05) is 17.5 Å². The molecule has 0 aliphatic rings. The average Bonchev–Trinajstić information content (AvgIpc) is 2.59. The number of thioether (sulfide) groups is 1. The van der Waals surface area contributed by atoms with Crippen LogP contribution in [0.1, 0.15) is 23.1 Å². The lowest BCUT2D eigenvalue weighted by Gasteiger charge is -2.08. The second-order valence-electron chi connectivity index (χ2n) is 5.38. The van der Waals surface area contributed by atoms with Gasteiger partial charge in [-0.1, -0.05) is 49.1 Å². The maximum absolute atomic E-state index is 5.76. The van der Waals surface area contributed by atoms with Crippen molar-refractivity contribution < 1.29 is 4.74 Å². The Balaban J connectivity index is 1.66. The summed E-state index contributed by atoms with van der Waals surface area (Å²) in [6, 6.07) is 10.7. The summed E-state index contributed by atoms with van der Waals surface area (Å²) in [6.45, 7) is 10.5. The summed E-state index contributed by atoms with van der Waals surface area (Å²) in [4.78, 5) is 4.18. The molecule has 2 nitrogen and oxygen atoms in total. The molecule has 0 amide bonds. The number of hydrogen-bond acceptors (Lipinski definition) is 3. The molecule has 1 aromatic heterocycles. The van der Waals surface area contributed by atoms with Gasteiger partial charge in [0.15, 0.2) is 0 Å². The van der Waals surface area contributed by atoms with Gasteiger partial charge in [-0.25, -0.2) is 0 Å². The van der Waals surface area contributed by atoms with Gasteiger partial charge in [0.05, 0.1) is 12.8 Å². The molecular formula is C20H23NOS. The lowest BCUT2D eigenvalue weighted by Crippen LogP contribution is -2.00. The molecule has 0 saturated heterocycles. The van der Waals surface area contributed by atoms with Gasteiger partial charge in [-0.15, -0.1) is 0 Å². The monoisotopic (exact) mass is 325 g/mol. The van der Waals surface area contributed by atoms with Crippen molar-refractivity contribution in [2.24, 2.45) is 0 Å². The van der Waals surface area contributed by atoms with Crippen LogP contribution in [0.2, 0.25) is 0 Å². The van der Waals surface area contributed by atoms with E-state index >= 15 is 0 Å². The summed E-state index contributed by atoms with van der Waals surface area (Å²) in [5.41, 5.74) is 4.49. The van der Waals surface area contributed by atoms with Crippen molar-refractivity contribution in [2.75, 3.05) is 12.4 Å². The molecule has 0 aliphatic heterocycles. The van der Waals surface area contributed by atoms with Gasteiger partial charge in [0.2, 0.25) is 0 Å². The molecule has 23 heavy (non-hydrogen) atoms. The number of rotatable bonds is 9. The molecule has 3 heteroatoms. The van der Waals surface area contributed by atoms with E-state index in [2.05, 4.69) is 49.3 Å². The fourth-order valence-electron chi connectivity index (χ4n) is 2.02. The molecule has 0 atom stereocenters. The molecule has 0 aliphatic carbocycles. The predicted octanol–water partition coefficient (Wildman–Crippen LogP) is 5.29. The Morgan fingerprint density at radius 3 is 2.78 bits per heavy atom. The predicted molar refractivity (Wildman–Crippen MR) is 101 cm³/mol. The molecule has 1 aromatic carbocycles. The highest BCUT2D eigenvalue weighted by atomic mass is 32.2. The second kappa shape index (κ2) is 9.21. The van der Waals surface area contributed by atoms with Gasteiger partial charge in [-0.2, -0.15) is 11.8 Å². The molecule has 0 unspecified atom stereocenters. The Bertz CT molecular complexity index is 649. The highest BCUT2D eigenvalue weighted by Crippen LogP contribution is 2.19. The van der Waals surface area contributed by atoms with E-state index < -0.39 is 0 Å². The minimum absolute atomic E-state index is 0.701. The van der Waals surface area contributed by atoms with E-state index in [4.69, 9.17) is 4.74 Å². The van der Waals surface area contributed by atoms with E-state index in [9.17, 15) is 0 Å². The van der Waals surface area contributed by atoms with Gasteiger partial charge in [0.25, 0.3) is 0 Å². The Hall–Kier alpha value is -2.00. The third kappa shape index (κ3) is 5.95. The number of allylic oxidation sites excluding steroid dienone is 2. The zero-order valence-electron chi connectivity index (χ0n) is 13.6. The summed E-state index contributed by atoms with van der Waals surface area (Å²) < 4.78 is 5.76. The van der Waals surface area contributed by atoms with Gasteiger partial charge < -0.3 is 4.74 Å². The minimum atomic E-state index is 0.701. The summed E-state index contributed by atoms with van der Waals surface area (Å²) in [5.74, 6) is 2.92. The first-order chi connectivity index (χ1) is 11.2. The third-order valence-electron chi connectivity index (χ3n) is 3.42. The van der Waals surface area contributed by atoms with E-state index in [-0.39, 0.29) is 0 Å². The number of pyridine rings is 1. The van der Waals surface area contributed by atoms with Crippen LogP contribution in [-0.4, -0.2) is 17.3 Å². The molecule has 0 N–H and O–H groups in total. The molecule has 2 rings (SSSR count). The van der Waals surface area contributed by atoms with Gasteiger partial charge in [0.1, 0.15) is 5.75 Å². The quantitative estimate of drug-likeness (QED) is 0.462. The van der Waals surface area contributed by atoms with Crippen LogP contribution in [0.3, 0.4) is 0 Å². The average molecular weight is 325 g/mol. The van der Waals surface area contributed by atoms with Crippen LogP contribution in [0, 0.1) is 6.92 Å². The van der Waals surface area contributed by atoms with Crippen LogP contribution < -0.4 is 4.74 Å². The second-order valence-corrected chi connectivity index (χ2v) is 6.48. The number of ether oxygens (including phenoxy) is 1. The largest absolute Gasteiger partial charge is 0.492 e. The molecule has 1 heterocycles. The number of benzene rings is 1. The van der Waals surface area contributed by atoms with E-state index in [1.54, 1.807) is 18.5 Å². The molecule has 2 aromatic rings. The minimum Gasteiger partial charge on any atom is -0.492 e. The highest BCUT2D eigenvalue weighted by molar-refractivity contribution is 7.98. The summed E-state index contributed by atoms with van der Waals surface area (Å²) in [7, 11) is 0. The van der Waals surface area contributed by atoms with Gasteiger partial charge in [-0.05, 0) is 36.3 Å². The number of hydrogen-bond donors (Lipinski definition) is 0. The zero-order chi connectivity index (χ0) is 16.5. The lowest BCUT2D eigenvalue weighted by molar-refractivity contribution is 0.317. The maximum atomic E-state index is 5.76. The molecular weight excluding hydrogens is 302 g/mol. The van der Waals surface area contributed by atoms with Crippen LogP contribution in [0.4, 0.5) is 0 Å². The van der Waals surface area contributed by atoms with E-state index in [1.165, 1.54) is 11.1 Å². The summed E-state index contributed by atoms with van der Waals surface area (Å²) in [5, 5.41) is 0. The first-order valence-electron chi connectivity index (χ1n) is 7.72. The zero-order valence-corrected chi connectivity index (χ0v) is 14.4. The fraction of sp³-hybridized carbons (Fsp3) is 0.250. The van der Waals surface area contributed by atoms with E-state index in [0.717, 1.165) is 34.8 Å². The van der Waals surface area contributed by atoms with Crippen molar-refractivity contribution in [3.05, 3.63) is 78.6 Å². The molecule has 0 spiro atoms. The Morgan fingerprint density at radius 1 is 1.26 bits per heavy atom. The molecule has 120 valence electrons. The smallest absolute Gasteiger partial charge is 0.138 e. The van der Waals surface area contributed by atoms with Gasteiger partial charge >= 0.3 is 0 Å². The normalized spacial score (nSPS) is 10.3. The summed E-state index contributed by atoms with van der Waals surface area (Å²) >= 11 is 1.94. The summed E-state index contributed by atoms with van der Waals surface area (Å²) in [6.07, 6.45) is 6.25. The first-order valence-corrected chi connectivity index (χ1v) is 8.87. The van der Waals surface area contributed by atoms with Crippen LogP contribution in [0.25, 0.3) is 5.57 Å². The standard InChI is InChI=1S/C20H23NOS/c1-4-17(3)19-12-20(14-21-13-19)22-10-5-11-23-15-18-8-6-16(2)7-9-18/h4,6-9,12-14H,1,3,5,10-11,15H2,2H3. The number of aromatic nitrogens is 1. The van der Waals surface area contributed by atoms with Crippen molar-refractivity contribution >= 4 is 17.3 Å². The van der Waals surface area contributed by atoms with Crippen molar-refractivity contribution in [3.8, 4) is 5.75 Å². The van der Waals surface area contributed by atoms with Crippen LogP contribution in [0.15, 0.2) is 62.0 Å². The molecule has 0 radical (unpaired) electrons. The van der Waals surface area contributed by atoms with Crippen molar-refractivity contribution in [2.45, 2.75) is 19.1 Å². The van der Waals surface area contributed by atoms with Crippen LogP contribution in [-0.2, 0) is 5.75 Å². The molecule has 0 bridgehead atoms. The SMILES string of the molecule is C=CC(=C)c1cncc(OCCCSCc2ccc(C)cc2)c1. The Labute approximate surface area is 143 Å². The van der Waals surface area contributed by atoms with E-state index in [0.29, 0.717) is 6.61 Å². The lowest BCUT2D eigenvalue weighted by atomic mass is 10.1. The van der Waals surface area contributed by atoms with E-state index in [1.807, 2.05) is 17.8 Å². The first kappa shape index (κ1) is 17.4. The van der Waals surface area contributed by atoms with Gasteiger partial charge in [-0.3, -0.25) is 4.98 Å². The highest BCUT2D eigenvalue weighted by Gasteiger charge is 2.00. The number of aryl methyl sites for hydroxylation is 1. The molecule has 0 saturated carbocycles. The van der Waals surface area contributed by atoms with Crippen LogP contribution >= 0.6 is 11.8 Å². The number of nitrogens with zero attached hydrogens (tertiary/aromatic N) is 1. The third-order valence-corrected chi connectivity index (χ3v) is 4.54. The van der Waals surface area contributed by atoms with Crippen molar-refractivity contribution in [1.29, 1.82) is 0 Å². The molecule has 0 fully saturated rings. The maximum Gasteiger partial charge on any atom is 0.138 e. The van der Waals surface area contributed by atoms with Crippen LogP contribution in [0.5, 0.6) is 5.75 Å². The Kier molecular flexibility index (Phi) is 6.95. The van der Waals surface area contributed by atoms with Crippen molar-refractivity contribution in [1.82, 2.24) is 4.98 Å². The van der Waals surface area contributed by atoms with Crippen molar-refractivity contribution in [3.63, 3.8) is 0 Å². The Morgan fingerprint density at radius 2 is 2.04 bits per heavy atom. The fourth-order valence-corrected chi connectivity index (χ4v) is 2.91.